The Hall–Kier alpha value is -2.21. The first-order valence-corrected chi connectivity index (χ1v) is 6.80. The summed E-state index contributed by atoms with van der Waals surface area (Å²) in [6.07, 6.45) is 0.551. The number of rotatable bonds is 5. The van der Waals surface area contributed by atoms with Crippen molar-refractivity contribution in [2.75, 3.05) is 20.2 Å². The lowest BCUT2D eigenvalue weighted by Gasteiger charge is -2.32. The Morgan fingerprint density at radius 1 is 1.33 bits per heavy atom. The molecule has 6 heteroatoms. The summed E-state index contributed by atoms with van der Waals surface area (Å²) in [5, 5.41) is 2.29. The predicted molar refractivity (Wildman–Crippen MR) is 76.1 cm³/mol. The summed E-state index contributed by atoms with van der Waals surface area (Å²) >= 11 is 0. The van der Waals surface area contributed by atoms with Crippen LogP contribution in [0.15, 0.2) is 24.3 Å². The fourth-order valence-corrected chi connectivity index (χ4v) is 2.38. The first kappa shape index (κ1) is 15.2. The van der Waals surface area contributed by atoms with Gasteiger partial charge in [0.25, 0.3) is 0 Å². The number of ether oxygens (including phenoxy) is 1. The average molecular weight is 290 g/mol. The fourth-order valence-electron chi connectivity index (χ4n) is 2.38. The van der Waals surface area contributed by atoms with E-state index in [1.165, 1.54) is 0 Å². The number of ketones is 1. The Bertz CT molecular complexity index is 553. The summed E-state index contributed by atoms with van der Waals surface area (Å²) in [7, 11) is 1.56. The summed E-state index contributed by atoms with van der Waals surface area (Å²) in [4.78, 5) is 37.1. The highest BCUT2D eigenvalue weighted by atomic mass is 16.5. The van der Waals surface area contributed by atoms with Crippen molar-refractivity contribution >= 4 is 17.6 Å². The van der Waals surface area contributed by atoms with Gasteiger partial charge in [-0.3, -0.25) is 24.6 Å². The molecule has 1 fully saturated rings. The van der Waals surface area contributed by atoms with E-state index in [-0.39, 0.29) is 30.7 Å². The van der Waals surface area contributed by atoms with E-state index in [0.717, 1.165) is 0 Å². The molecule has 21 heavy (non-hydrogen) atoms. The van der Waals surface area contributed by atoms with Gasteiger partial charge in [-0.15, -0.1) is 0 Å². The lowest BCUT2D eigenvalue weighted by Crippen LogP contribution is -2.58. The Kier molecular flexibility index (Phi) is 4.70. The smallest absolute Gasteiger partial charge is 0.243 e. The van der Waals surface area contributed by atoms with E-state index in [4.69, 9.17) is 4.74 Å². The third kappa shape index (κ3) is 3.46. The molecule has 1 aromatic rings. The van der Waals surface area contributed by atoms with Crippen molar-refractivity contribution < 1.29 is 19.1 Å². The maximum absolute atomic E-state index is 12.3. The predicted octanol–water partition coefficient (Wildman–Crippen LogP) is 0.615. The van der Waals surface area contributed by atoms with Crippen molar-refractivity contribution in [3.05, 3.63) is 29.8 Å². The van der Waals surface area contributed by atoms with E-state index >= 15 is 0 Å². The number of carbonyl (C=O) groups is 3. The monoisotopic (exact) mass is 290 g/mol. The molecule has 2 amide bonds. The number of hydrogen-bond donors (Lipinski definition) is 1. The van der Waals surface area contributed by atoms with Crippen LogP contribution in [0.1, 0.15) is 23.7 Å². The molecule has 0 saturated carbocycles. The molecule has 2 rings (SSSR count). The first-order chi connectivity index (χ1) is 10.0. The number of piperazine rings is 1. The molecule has 1 saturated heterocycles. The van der Waals surface area contributed by atoms with Crippen LogP contribution in [-0.2, 0) is 9.59 Å². The van der Waals surface area contributed by atoms with Crippen LogP contribution in [0.2, 0.25) is 0 Å². The van der Waals surface area contributed by atoms with Crippen molar-refractivity contribution in [2.45, 2.75) is 19.4 Å². The second-order valence-corrected chi connectivity index (χ2v) is 4.89. The molecule has 1 aliphatic heterocycles. The van der Waals surface area contributed by atoms with Gasteiger partial charge in [-0.25, -0.2) is 0 Å². The number of Topliss-reactive ketones (excluding diaryl/α,β-unsaturated/α-hetero) is 1. The highest BCUT2D eigenvalue weighted by Gasteiger charge is 2.33. The Labute approximate surface area is 123 Å². The molecular formula is C15H18N2O4. The van der Waals surface area contributed by atoms with Gasteiger partial charge in [-0.1, -0.05) is 6.92 Å². The van der Waals surface area contributed by atoms with Crippen LogP contribution < -0.4 is 10.1 Å². The number of imide groups is 1. The normalized spacial score (nSPS) is 19.2. The van der Waals surface area contributed by atoms with Gasteiger partial charge in [0, 0.05) is 5.56 Å². The van der Waals surface area contributed by atoms with Crippen LogP contribution in [-0.4, -0.2) is 48.7 Å². The van der Waals surface area contributed by atoms with Gasteiger partial charge >= 0.3 is 0 Å². The van der Waals surface area contributed by atoms with Crippen LogP contribution >= 0.6 is 0 Å². The minimum atomic E-state index is -0.440. The number of carbonyl (C=O) groups excluding carboxylic acids is 3. The summed E-state index contributed by atoms with van der Waals surface area (Å²) in [6, 6.07) is 6.32. The standard InChI is InChI=1S/C15H18N2O4/c1-3-12-15(20)16-14(19)9-17(12)8-13(18)10-4-6-11(21-2)7-5-10/h4-7,12H,3,8-9H2,1-2H3,(H,16,19,20). The molecule has 0 spiro atoms. The van der Waals surface area contributed by atoms with Gasteiger partial charge in [0.05, 0.1) is 26.2 Å². The largest absolute Gasteiger partial charge is 0.497 e. The maximum atomic E-state index is 12.3. The molecular weight excluding hydrogens is 272 g/mol. The number of methoxy groups -OCH3 is 1. The van der Waals surface area contributed by atoms with Crippen molar-refractivity contribution in [3.8, 4) is 5.75 Å². The molecule has 0 bridgehead atoms. The first-order valence-electron chi connectivity index (χ1n) is 6.80. The van der Waals surface area contributed by atoms with Crippen molar-refractivity contribution in [2.24, 2.45) is 0 Å². The molecule has 1 aliphatic rings. The summed E-state index contributed by atoms with van der Waals surface area (Å²) in [6.45, 7) is 1.96. The molecule has 1 unspecified atom stereocenters. The van der Waals surface area contributed by atoms with Gasteiger partial charge in [0.2, 0.25) is 11.8 Å². The second-order valence-electron chi connectivity index (χ2n) is 4.89. The van der Waals surface area contributed by atoms with E-state index in [0.29, 0.717) is 17.7 Å². The van der Waals surface area contributed by atoms with Crippen molar-refractivity contribution in [3.63, 3.8) is 0 Å². The van der Waals surface area contributed by atoms with E-state index < -0.39 is 6.04 Å². The topological polar surface area (TPSA) is 75.7 Å². The number of nitrogens with zero attached hydrogens (tertiary/aromatic N) is 1. The molecule has 1 aromatic carbocycles. The van der Waals surface area contributed by atoms with Gasteiger partial charge in [0.15, 0.2) is 5.78 Å². The lowest BCUT2D eigenvalue weighted by atomic mass is 10.1. The zero-order chi connectivity index (χ0) is 15.4. The number of amides is 2. The van der Waals surface area contributed by atoms with Gasteiger partial charge < -0.3 is 4.74 Å². The molecule has 1 heterocycles. The van der Waals surface area contributed by atoms with Crippen LogP contribution in [0.4, 0.5) is 0 Å². The minimum absolute atomic E-state index is 0.0456. The molecule has 6 nitrogen and oxygen atoms in total. The minimum Gasteiger partial charge on any atom is -0.497 e. The van der Waals surface area contributed by atoms with Gasteiger partial charge in [-0.2, -0.15) is 0 Å². The summed E-state index contributed by atoms with van der Waals surface area (Å²) < 4.78 is 5.04. The molecule has 0 aliphatic carbocycles. The van der Waals surface area contributed by atoms with Gasteiger partial charge in [0.1, 0.15) is 5.75 Å². The Balaban J connectivity index is 2.09. The fraction of sp³-hybridized carbons (Fsp3) is 0.400. The Morgan fingerprint density at radius 2 is 2.00 bits per heavy atom. The van der Waals surface area contributed by atoms with Crippen LogP contribution in [0.3, 0.4) is 0 Å². The SMILES string of the molecule is CCC1C(=O)NC(=O)CN1CC(=O)c1ccc(OC)cc1. The Morgan fingerprint density at radius 3 is 2.57 bits per heavy atom. The summed E-state index contributed by atoms with van der Waals surface area (Å²) in [5.74, 6) is -0.160. The van der Waals surface area contributed by atoms with E-state index in [9.17, 15) is 14.4 Å². The molecule has 1 N–H and O–H groups in total. The third-order valence-corrected chi connectivity index (χ3v) is 3.50. The van der Waals surface area contributed by atoms with Gasteiger partial charge in [-0.05, 0) is 30.7 Å². The number of nitrogens with one attached hydrogen (secondary N) is 1. The number of hydrogen-bond acceptors (Lipinski definition) is 5. The van der Waals surface area contributed by atoms with Crippen molar-refractivity contribution in [1.29, 1.82) is 0 Å². The average Bonchev–Trinajstić information content (AvgIpc) is 2.47. The van der Waals surface area contributed by atoms with Crippen molar-refractivity contribution in [1.82, 2.24) is 10.2 Å². The maximum Gasteiger partial charge on any atom is 0.243 e. The molecule has 0 aromatic heterocycles. The summed E-state index contributed by atoms with van der Waals surface area (Å²) in [5.41, 5.74) is 0.532. The zero-order valence-corrected chi connectivity index (χ0v) is 12.1. The lowest BCUT2D eigenvalue weighted by molar-refractivity contribution is -0.139. The zero-order valence-electron chi connectivity index (χ0n) is 12.1. The van der Waals surface area contributed by atoms with E-state index in [1.807, 2.05) is 6.92 Å². The molecule has 112 valence electrons. The van der Waals surface area contributed by atoms with E-state index in [1.54, 1.807) is 36.3 Å². The quantitative estimate of drug-likeness (QED) is 0.635. The highest BCUT2D eigenvalue weighted by Crippen LogP contribution is 2.14. The van der Waals surface area contributed by atoms with Crippen LogP contribution in [0, 0.1) is 0 Å². The second kappa shape index (κ2) is 6.49. The van der Waals surface area contributed by atoms with E-state index in [2.05, 4.69) is 5.32 Å². The third-order valence-electron chi connectivity index (χ3n) is 3.50. The van der Waals surface area contributed by atoms with Crippen LogP contribution in [0.25, 0.3) is 0 Å². The number of benzene rings is 1. The molecule has 1 atom stereocenters. The molecule has 0 radical (unpaired) electrons. The van der Waals surface area contributed by atoms with Crippen LogP contribution in [0.5, 0.6) is 5.75 Å². The highest BCUT2D eigenvalue weighted by molar-refractivity contribution is 6.03.